The molecule has 7 nitrogen and oxygen atoms in total. The van der Waals surface area contributed by atoms with Gasteiger partial charge in [0.1, 0.15) is 0 Å². The number of anilines is 2. The molecule has 0 radical (unpaired) electrons. The molecule has 110 valence electrons. The lowest BCUT2D eigenvalue weighted by Gasteiger charge is -2.23. The smallest absolute Gasteiger partial charge is 0.323 e. The average Bonchev–Trinajstić information content (AvgIpc) is 2.32. The maximum atomic E-state index is 8.75. The third-order valence-corrected chi connectivity index (χ3v) is 2.32. The Morgan fingerprint density at radius 2 is 1.95 bits per heavy atom. The van der Waals surface area contributed by atoms with Crippen molar-refractivity contribution in [2.45, 2.75) is 40.2 Å². The molecule has 0 fully saturated rings. The van der Waals surface area contributed by atoms with Gasteiger partial charge in [0.25, 0.3) is 0 Å². The van der Waals surface area contributed by atoms with Crippen LogP contribution in [0.15, 0.2) is 0 Å². The molecule has 0 unspecified atom stereocenters. The molecule has 2 N–H and O–H groups in total. The van der Waals surface area contributed by atoms with E-state index in [0.29, 0.717) is 24.8 Å². The van der Waals surface area contributed by atoms with E-state index in [1.807, 2.05) is 18.7 Å². The SMILES string of the molecule is CC(C)CN(CCC#N)c1nc(N)nc(OC(C)C)n1. The van der Waals surface area contributed by atoms with Crippen molar-refractivity contribution in [2.75, 3.05) is 23.7 Å². The van der Waals surface area contributed by atoms with E-state index in [1.165, 1.54) is 0 Å². The molecular formula is C13H22N6O. The Labute approximate surface area is 119 Å². The van der Waals surface area contributed by atoms with E-state index >= 15 is 0 Å². The quantitative estimate of drug-likeness (QED) is 0.808. The normalized spacial score (nSPS) is 10.7. The fourth-order valence-corrected chi connectivity index (χ4v) is 1.66. The number of nitriles is 1. The van der Waals surface area contributed by atoms with Gasteiger partial charge in [-0.25, -0.2) is 0 Å². The summed E-state index contributed by atoms with van der Waals surface area (Å²) in [5, 5.41) is 8.75. The van der Waals surface area contributed by atoms with Crippen molar-refractivity contribution < 1.29 is 4.74 Å². The number of nitrogen functional groups attached to an aromatic ring is 1. The first kappa shape index (κ1) is 16.0. The van der Waals surface area contributed by atoms with Crippen LogP contribution in [0, 0.1) is 17.2 Å². The molecule has 1 aromatic heterocycles. The van der Waals surface area contributed by atoms with Crippen LogP contribution in [0.2, 0.25) is 0 Å². The first-order valence-corrected chi connectivity index (χ1v) is 6.72. The van der Waals surface area contributed by atoms with Crippen molar-refractivity contribution >= 4 is 11.9 Å². The second kappa shape index (κ2) is 7.48. The summed E-state index contributed by atoms with van der Waals surface area (Å²) >= 11 is 0. The van der Waals surface area contributed by atoms with Gasteiger partial charge in [0.2, 0.25) is 11.9 Å². The Bertz CT molecular complexity index is 468. The lowest BCUT2D eigenvalue weighted by Crippen LogP contribution is -2.31. The van der Waals surface area contributed by atoms with Crippen LogP contribution in [0.1, 0.15) is 34.1 Å². The molecule has 0 saturated carbocycles. The molecule has 20 heavy (non-hydrogen) atoms. The zero-order chi connectivity index (χ0) is 15.1. The van der Waals surface area contributed by atoms with E-state index < -0.39 is 0 Å². The Morgan fingerprint density at radius 1 is 1.25 bits per heavy atom. The summed E-state index contributed by atoms with van der Waals surface area (Å²) in [6, 6.07) is 2.34. The van der Waals surface area contributed by atoms with E-state index in [0.717, 1.165) is 6.54 Å². The largest absolute Gasteiger partial charge is 0.461 e. The lowest BCUT2D eigenvalue weighted by molar-refractivity contribution is 0.222. The molecular weight excluding hydrogens is 256 g/mol. The highest BCUT2D eigenvalue weighted by molar-refractivity contribution is 5.36. The predicted molar refractivity (Wildman–Crippen MR) is 77.3 cm³/mol. The minimum absolute atomic E-state index is 0.0395. The van der Waals surface area contributed by atoms with Gasteiger partial charge in [-0.05, 0) is 19.8 Å². The summed E-state index contributed by atoms with van der Waals surface area (Å²) in [5.41, 5.74) is 5.70. The molecule has 1 rings (SSSR count). The summed E-state index contributed by atoms with van der Waals surface area (Å²) in [4.78, 5) is 14.3. The number of ether oxygens (including phenoxy) is 1. The highest BCUT2D eigenvalue weighted by atomic mass is 16.5. The van der Waals surface area contributed by atoms with Gasteiger partial charge in [-0.15, -0.1) is 0 Å². The van der Waals surface area contributed by atoms with Crippen LogP contribution in [0.4, 0.5) is 11.9 Å². The highest BCUT2D eigenvalue weighted by Gasteiger charge is 2.15. The third-order valence-electron chi connectivity index (χ3n) is 2.32. The van der Waals surface area contributed by atoms with Gasteiger partial charge >= 0.3 is 6.01 Å². The minimum Gasteiger partial charge on any atom is -0.461 e. The summed E-state index contributed by atoms with van der Waals surface area (Å²) in [5.74, 6) is 0.995. The second-order valence-corrected chi connectivity index (χ2v) is 5.19. The van der Waals surface area contributed by atoms with Crippen molar-refractivity contribution in [3.63, 3.8) is 0 Å². The molecule has 0 aliphatic rings. The molecule has 0 amide bonds. The van der Waals surface area contributed by atoms with Crippen LogP contribution >= 0.6 is 0 Å². The molecule has 0 aromatic carbocycles. The second-order valence-electron chi connectivity index (χ2n) is 5.19. The fraction of sp³-hybridized carbons (Fsp3) is 0.692. The molecule has 0 atom stereocenters. The van der Waals surface area contributed by atoms with E-state index in [4.69, 9.17) is 15.7 Å². The number of nitrogens with zero attached hydrogens (tertiary/aromatic N) is 5. The molecule has 1 aromatic rings. The maximum absolute atomic E-state index is 8.75. The van der Waals surface area contributed by atoms with Crippen molar-refractivity contribution in [3.05, 3.63) is 0 Å². The minimum atomic E-state index is -0.0395. The average molecular weight is 278 g/mol. The van der Waals surface area contributed by atoms with Crippen molar-refractivity contribution in [3.8, 4) is 12.1 Å². The Kier molecular flexibility index (Phi) is 5.97. The molecule has 0 spiro atoms. The topological polar surface area (TPSA) is 101 Å². The number of rotatable bonds is 7. The number of nitrogens with two attached hydrogens (primary N) is 1. The fourth-order valence-electron chi connectivity index (χ4n) is 1.66. The monoisotopic (exact) mass is 278 g/mol. The highest BCUT2D eigenvalue weighted by Crippen LogP contribution is 2.16. The zero-order valence-electron chi connectivity index (χ0n) is 12.5. The van der Waals surface area contributed by atoms with Crippen LogP contribution in [0.25, 0.3) is 0 Å². The van der Waals surface area contributed by atoms with E-state index in [-0.39, 0.29) is 18.1 Å². The number of aromatic nitrogens is 3. The Morgan fingerprint density at radius 3 is 2.50 bits per heavy atom. The molecule has 0 saturated heterocycles. The molecule has 0 aliphatic heterocycles. The van der Waals surface area contributed by atoms with Crippen LogP contribution in [0.3, 0.4) is 0 Å². The van der Waals surface area contributed by atoms with Crippen LogP contribution in [-0.2, 0) is 0 Å². The third kappa shape index (κ3) is 5.26. The summed E-state index contributed by atoms with van der Waals surface area (Å²) in [6.45, 7) is 9.26. The van der Waals surface area contributed by atoms with Gasteiger partial charge in [0, 0.05) is 13.1 Å². The first-order chi connectivity index (χ1) is 9.42. The number of hydrogen-bond donors (Lipinski definition) is 1. The standard InChI is InChI=1S/C13H22N6O/c1-9(2)8-19(7-5-6-14)12-16-11(15)17-13(18-12)20-10(3)4/h9-10H,5,7-8H2,1-4H3,(H2,15,16,17,18). The van der Waals surface area contributed by atoms with Crippen LogP contribution in [0.5, 0.6) is 6.01 Å². The van der Waals surface area contributed by atoms with E-state index in [1.54, 1.807) is 0 Å². The van der Waals surface area contributed by atoms with Crippen LogP contribution < -0.4 is 15.4 Å². The zero-order valence-corrected chi connectivity index (χ0v) is 12.5. The van der Waals surface area contributed by atoms with Gasteiger partial charge in [0.05, 0.1) is 18.6 Å². The molecule has 0 aliphatic carbocycles. The Balaban J connectivity index is 2.99. The van der Waals surface area contributed by atoms with Crippen molar-refractivity contribution in [1.29, 1.82) is 5.26 Å². The van der Waals surface area contributed by atoms with Crippen molar-refractivity contribution in [2.24, 2.45) is 5.92 Å². The van der Waals surface area contributed by atoms with Gasteiger partial charge in [-0.3, -0.25) is 0 Å². The van der Waals surface area contributed by atoms with Gasteiger partial charge in [0.15, 0.2) is 0 Å². The van der Waals surface area contributed by atoms with Gasteiger partial charge in [-0.1, -0.05) is 13.8 Å². The summed E-state index contributed by atoms with van der Waals surface area (Å²) in [7, 11) is 0. The lowest BCUT2D eigenvalue weighted by atomic mass is 10.2. The first-order valence-electron chi connectivity index (χ1n) is 6.72. The maximum Gasteiger partial charge on any atom is 0.323 e. The number of hydrogen-bond acceptors (Lipinski definition) is 7. The van der Waals surface area contributed by atoms with Crippen LogP contribution in [-0.4, -0.2) is 34.1 Å². The molecule has 7 heteroatoms. The van der Waals surface area contributed by atoms with Crippen molar-refractivity contribution in [1.82, 2.24) is 15.0 Å². The predicted octanol–water partition coefficient (Wildman–Crippen LogP) is 1.62. The van der Waals surface area contributed by atoms with E-state index in [2.05, 4.69) is 34.9 Å². The molecule has 0 bridgehead atoms. The summed E-state index contributed by atoms with van der Waals surface area (Å²) < 4.78 is 5.46. The van der Waals surface area contributed by atoms with E-state index in [9.17, 15) is 0 Å². The molecule has 1 heterocycles. The van der Waals surface area contributed by atoms with Gasteiger partial charge in [-0.2, -0.15) is 20.2 Å². The van der Waals surface area contributed by atoms with Gasteiger partial charge < -0.3 is 15.4 Å². The summed E-state index contributed by atoms with van der Waals surface area (Å²) in [6.07, 6.45) is 0.362. The Hall–Kier alpha value is -2.10.